The zero-order chi connectivity index (χ0) is 21.4. The molecule has 0 saturated carbocycles. The minimum atomic E-state index is -0.583. The Hall–Kier alpha value is -2.53. The zero-order valence-electron chi connectivity index (χ0n) is 17.8. The SMILES string of the molecule is CSC(=O)N(F)c1cc2c3c(c1)C(c1ccccc1)CCN3CCC2C1=CCCC=C1. The van der Waals surface area contributed by atoms with Crippen LogP contribution in [0.15, 0.2) is 66.3 Å². The van der Waals surface area contributed by atoms with Crippen LogP contribution in [0.4, 0.5) is 20.7 Å². The van der Waals surface area contributed by atoms with Gasteiger partial charge in [0.2, 0.25) is 0 Å². The van der Waals surface area contributed by atoms with E-state index in [0.717, 1.165) is 61.7 Å². The number of carbonyl (C=O) groups is 1. The molecule has 31 heavy (non-hydrogen) atoms. The number of allylic oxidation sites excluding steroid dienone is 4. The molecule has 5 heteroatoms. The van der Waals surface area contributed by atoms with Gasteiger partial charge in [-0.25, -0.2) is 0 Å². The molecule has 2 aliphatic heterocycles. The van der Waals surface area contributed by atoms with Gasteiger partial charge in [0.05, 0.1) is 5.69 Å². The van der Waals surface area contributed by atoms with Gasteiger partial charge in [-0.2, -0.15) is 0 Å². The molecule has 0 N–H and O–H groups in total. The molecular weight excluding hydrogens is 407 g/mol. The van der Waals surface area contributed by atoms with E-state index in [1.165, 1.54) is 16.8 Å². The lowest BCUT2D eigenvalue weighted by molar-refractivity contribution is 0.254. The first-order chi connectivity index (χ1) is 15.2. The van der Waals surface area contributed by atoms with Crippen LogP contribution in [0.5, 0.6) is 0 Å². The average Bonchev–Trinajstić information content (AvgIpc) is 2.84. The largest absolute Gasteiger partial charge is 0.371 e. The number of rotatable bonds is 3. The summed E-state index contributed by atoms with van der Waals surface area (Å²) < 4.78 is 15.1. The predicted molar refractivity (Wildman–Crippen MR) is 128 cm³/mol. The number of benzene rings is 2. The van der Waals surface area contributed by atoms with Gasteiger partial charge in [0, 0.05) is 30.6 Å². The predicted octanol–water partition coefficient (Wildman–Crippen LogP) is 6.97. The smallest absolute Gasteiger partial charge is 0.313 e. The quantitative estimate of drug-likeness (QED) is 0.488. The second-order valence-corrected chi connectivity index (χ2v) is 9.25. The topological polar surface area (TPSA) is 23.6 Å². The lowest BCUT2D eigenvalue weighted by Crippen LogP contribution is -2.38. The van der Waals surface area contributed by atoms with Crippen LogP contribution in [0, 0.1) is 0 Å². The Balaban J connectivity index is 1.69. The maximum atomic E-state index is 15.1. The highest BCUT2D eigenvalue weighted by atomic mass is 32.2. The first-order valence-corrected chi connectivity index (χ1v) is 12.3. The summed E-state index contributed by atoms with van der Waals surface area (Å²) in [4.78, 5) is 14.6. The van der Waals surface area contributed by atoms with Crippen LogP contribution in [0.3, 0.4) is 0 Å². The number of halogens is 1. The molecule has 0 spiro atoms. The molecule has 1 aliphatic carbocycles. The van der Waals surface area contributed by atoms with Gasteiger partial charge in [-0.1, -0.05) is 64.8 Å². The summed E-state index contributed by atoms with van der Waals surface area (Å²) in [5.74, 6) is 0.451. The van der Waals surface area contributed by atoms with Gasteiger partial charge in [0.25, 0.3) is 0 Å². The first kappa shape index (κ1) is 20.4. The van der Waals surface area contributed by atoms with Gasteiger partial charge in [-0.15, -0.1) is 5.12 Å². The van der Waals surface area contributed by atoms with E-state index in [-0.39, 0.29) is 11.8 Å². The molecule has 0 bridgehead atoms. The standard InChI is InChI=1S/C26H27FN2OS/c1-31-26(30)29(27)20-16-23-21(18-8-4-2-5-9-18)12-14-28-15-13-22(24(17-20)25(23)28)19-10-6-3-7-11-19/h2,4-6,8-11,16-17,21-22H,3,7,12-15H2,1H3. The second kappa shape index (κ2) is 8.54. The molecule has 2 aromatic rings. The Labute approximate surface area is 187 Å². The minimum absolute atomic E-state index is 0.207. The van der Waals surface area contributed by atoms with Gasteiger partial charge < -0.3 is 4.90 Å². The zero-order valence-corrected chi connectivity index (χ0v) is 18.6. The molecule has 0 fully saturated rings. The Kier molecular flexibility index (Phi) is 5.61. The highest BCUT2D eigenvalue weighted by Gasteiger charge is 2.36. The van der Waals surface area contributed by atoms with E-state index in [1.54, 1.807) is 6.26 Å². The van der Waals surface area contributed by atoms with Crippen LogP contribution in [0.2, 0.25) is 0 Å². The molecule has 0 aromatic heterocycles. The number of anilines is 2. The fourth-order valence-corrected chi connectivity index (χ4v) is 5.61. The Morgan fingerprint density at radius 2 is 1.77 bits per heavy atom. The lowest BCUT2D eigenvalue weighted by atomic mass is 9.75. The third kappa shape index (κ3) is 3.69. The fourth-order valence-electron chi connectivity index (χ4n) is 5.35. The maximum absolute atomic E-state index is 15.1. The third-order valence-electron chi connectivity index (χ3n) is 6.79. The summed E-state index contributed by atoms with van der Waals surface area (Å²) in [5.41, 5.74) is 6.49. The van der Waals surface area contributed by atoms with Crippen molar-refractivity contribution in [3.63, 3.8) is 0 Å². The lowest BCUT2D eigenvalue weighted by Gasteiger charge is -2.43. The van der Waals surface area contributed by atoms with Crippen LogP contribution in [-0.4, -0.2) is 24.6 Å². The molecule has 3 aliphatic rings. The number of amides is 1. The van der Waals surface area contributed by atoms with Crippen molar-refractivity contribution < 1.29 is 9.28 Å². The summed E-state index contributed by atoms with van der Waals surface area (Å²) in [6, 6.07) is 14.3. The van der Waals surface area contributed by atoms with E-state index in [0.29, 0.717) is 10.8 Å². The van der Waals surface area contributed by atoms with Gasteiger partial charge in [0.15, 0.2) is 0 Å². The highest BCUT2D eigenvalue weighted by Crippen LogP contribution is 2.50. The average molecular weight is 435 g/mol. The Morgan fingerprint density at radius 1 is 1.06 bits per heavy atom. The van der Waals surface area contributed by atoms with Gasteiger partial charge in [-0.3, -0.25) is 4.79 Å². The number of thioether (sulfide) groups is 1. The van der Waals surface area contributed by atoms with E-state index in [9.17, 15) is 4.79 Å². The summed E-state index contributed by atoms with van der Waals surface area (Å²) in [6.07, 6.45) is 12.6. The van der Waals surface area contributed by atoms with Crippen molar-refractivity contribution in [1.29, 1.82) is 0 Å². The molecular formula is C26H27FN2OS. The summed E-state index contributed by atoms with van der Waals surface area (Å²) in [5, 5.41) is -0.264. The molecule has 3 nitrogen and oxygen atoms in total. The molecule has 160 valence electrons. The Bertz CT molecular complexity index is 1050. The third-order valence-corrected chi connectivity index (χ3v) is 7.30. The van der Waals surface area contributed by atoms with Crippen molar-refractivity contribution in [1.82, 2.24) is 0 Å². The maximum Gasteiger partial charge on any atom is 0.313 e. The molecule has 2 unspecified atom stereocenters. The first-order valence-electron chi connectivity index (χ1n) is 11.1. The molecule has 2 atom stereocenters. The van der Waals surface area contributed by atoms with Crippen molar-refractivity contribution in [2.75, 3.05) is 29.4 Å². The molecule has 2 aromatic carbocycles. The van der Waals surface area contributed by atoms with E-state index >= 15 is 4.48 Å². The normalized spacial score (nSPS) is 22.0. The number of hydrogen-bond acceptors (Lipinski definition) is 3. The Morgan fingerprint density at radius 3 is 2.45 bits per heavy atom. The molecule has 5 rings (SSSR count). The van der Waals surface area contributed by atoms with Crippen molar-refractivity contribution in [2.45, 2.75) is 37.5 Å². The van der Waals surface area contributed by atoms with E-state index < -0.39 is 5.24 Å². The number of carbonyl (C=O) groups excluding carboxylic acids is 1. The van der Waals surface area contributed by atoms with Crippen LogP contribution < -0.4 is 10.0 Å². The molecule has 0 saturated heterocycles. The number of nitrogens with zero attached hydrogens (tertiary/aromatic N) is 2. The molecule has 1 amide bonds. The van der Waals surface area contributed by atoms with Gasteiger partial charge >= 0.3 is 5.24 Å². The number of hydrogen-bond donors (Lipinski definition) is 0. The van der Waals surface area contributed by atoms with Crippen molar-refractivity contribution in [3.05, 3.63) is 83.0 Å². The molecule has 2 heterocycles. The van der Waals surface area contributed by atoms with Crippen LogP contribution in [0.1, 0.15) is 54.2 Å². The van der Waals surface area contributed by atoms with Gasteiger partial charge in [0.1, 0.15) is 0 Å². The van der Waals surface area contributed by atoms with Crippen molar-refractivity contribution >= 4 is 28.4 Å². The minimum Gasteiger partial charge on any atom is -0.371 e. The van der Waals surface area contributed by atoms with Crippen molar-refractivity contribution in [2.24, 2.45) is 0 Å². The fraction of sp³-hybridized carbons (Fsp3) is 0.346. The van der Waals surface area contributed by atoms with Crippen LogP contribution in [-0.2, 0) is 0 Å². The summed E-state index contributed by atoms with van der Waals surface area (Å²) >= 11 is 0.898. The van der Waals surface area contributed by atoms with E-state index in [1.807, 2.05) is 18.2 Å². The summed E-state index contributed by atoms with van der Waals surface area (Å²) in [7, 11) is 0. The molecule has 0 radical (unpaired) electrons. The highest BCUT2D eigenvalue weighted by molar-refractivity contribution is 8.13. The monoisotopic (exact) mass is 434 g/mol. The van der Waals surface area contributed by atoms with Gasteiger partial charge in [-0.05, 0) is 66.3 Å². The second-order valence-electron chi connectivity index (χ2n) is 8.49. The van der Waals surface area contributed by atoms with E-state index in [2.05, 4.69) is 47.4 Å². The summed E-state index contributed by atoms with van der Waals surface area (Å²) in [6.45, 7) is 2.02. The van der Waals surface area contributed by atoms with Crippen LogP contribution in [0.25, 0.3) is 0 Å². The van der Waals surface area contributed by atoms with Crippen molar-refractivity contribution in [3.8, 4) is 0 Å². The van der Waals surface area contributed by atoms with E-state index in [4.69, 9.17) is 0 Å². The van der Waals surface area contributed by atoms with Crippen LogP contribution >= 0.6 is 11.8 Å².